The van der Waals surface area contributed by atoms with Gasteiger partial charge in [-0.3, -0.25) is 4.79 Å². The van der Waals surface area contributed by atoms with Gasteiger partial charge in [0, 0.05) is 7.11 Å². The Morgan fingerprint density at radius 1 is 1.78 bits per heavy atom. The Balaban J connectivity index is 4.09. The maximum absolute atomic E-state index is 10.6. The van der Waals surface area contributed by atoms with Crippen LogP contribution in [-0.4, -0.2) is 18.0 Å². The molecule has 1 unspecified atom stereocenters. The van der Waals surface area contributed by atoms with Crippen molar-refractivity contribution < 1.29 is 9.53 Å². The van der Waals surface area contributed by atoms with Gasteiger partial charge in [0.1, 0.15) is 5.60 Å². The molecule has 0 amide bonds. The van der Waals surface area contributed by atoms with E-state index in [1.807, 2.05) is 6.92 Å². The lowest BCUT2D eigenvalue weighted by molar-refractivity contribution is -0.130. The third-order valence-electron chi connectivity index (χ3n) is 1.54. The van der Waals surface area contributed by atoms with Crippen molar-refractivity contribution in [1.29, 1.82) is 0 Å². The van der Waals surface area contributed by atoms with Crippen LogP contribution in [0.3, 0.4) is 0 Å². The summed E-state index contributed by atoms with van der Waals surface area (Å²) in [7, 11) is 1.48. The number of rotatable bonds is 3. The highest BCUT2D eigenvalue weighted by Gasteiger charge is 2.28. The number of hydrogen-bond donors (Lipinski definition) is 0. The average molecular weight is 151 g/mol. The van der Waals surface area contributed by atoms with Gasteiger partial charge in [-0.1, -0.05) is 6.92 Å². The van der Waals surface area contributed by atoms with Crippen molar-refractivity contribution in [3.63, 3.8) is 0 Å². The molecule has 0 aliphatic heterocycles. The lowest BCUT2D eigenvalue weighted by atomic mass is 10.1. The molecule has 9 heavy (non-hydrogen) atoms. The number of carbonyl (C=O) groups excluding carboxylic acids is 1. The van der Waals surface area contributed by atoms with Crippen LogP contribution in [0.2, 0.25) is 0 Å². The Morgan fingerprint density at radius 2 is 2.22 bits per heavy atom. The summed E-state index contributed by atoms with van der Waals surface area (Å²) in [5.41, 5.74) is -0.790. The van der Waals surface area contributed by atoms with Gasteiger partial charge in [0.2, 0.25) is 0 Å². The largest absolute Gasteiger partial charge is 0.369 e. The van der Waals surface area contributed by atoms with Crippen LogP contribution in [0.15, 0.2) is 0 Å². The van der Waals surface area contributed by atoms with E-state index in [-0.39, 0.29) is 0 Å². The van der Waals surface area contributed by atoms with E-state index in [0.717, 1.165) is 0 Å². The van der Waals surface area contributed by atoms with Crippen LogP contribution in [0.5, 0.6) is 0 Å². The predicted octanol–water partition coefficient (Wildman–Crippen LogP) is 1.57. The molecule has 3 heteroatoms. The maximum atomic E-state index is 10.6. The third kappa shape index (κ3) is 1.95. The zero-order valence-corrected chi connectivity index (χ0v) is 6.66. The van der Waals surface area contributed by atoms with E-state index in [1.165, 1.54) is 7.11 Å². The first kappa shape index (κ1) is 8.92. The van der Waals surface area contributed by atoms with E-state index in [1.54, 1.807) is 6.92 Å². The minimum Gasteiger partial charge on any atom is -0.369 e. The van der Waals surface area contributed by atoms with Crippen LogP contribution < -0.4 is 0 Å². The quantitative estimate of drug-likeness (QED) is 0.571. The molecule has 0 spiro atoms. The van der Waals surface area contributed by atoms with Crippen LogP contribution >= 0.6 is 11.6 Å². The Hall–Kier alpha value is -0.0800. The van der Waals surface area contributed by atoms with E-state index in [2.05, 4.69) is 0 Å². The molecular weight excluding hydrogens is 140 g/mol. The zero-order chi connectivity index (χ0) is 7.49. The van der Waals surface area contributed by atoms with Crippen LogP contribution in [0.4, 0.5) is 0 Å². The van der Waals surface area contributed by atoms with E-state index < -0.39 is 10.8 Å². The summed E-state index contributed by atoms with van der Waals surface area (Å²) in [6, 6.07) is 0. The molecule has 54 valence electrons. The second kappa shape index (κ2) is 3.18. The summed E-state index contributed by atoms with van der Waals surface area (Å²) >= 11 is 5.22. The summed E-state index contributed by atoms with van der Waals surface area (Å²) in [6.45, 7) is 3.52. The van der Waals surface area contributed by atoms with Crippen molar-refractivity contribution in [3.05, 3.63) is 0 Å². The number of hydrogen-bond acceptors (Lipinski definition) is 2. The topological polar surface area (TPSA) is 26.3 Å². The van der Waals surface area contributed by atoms with Crippen molar-refractivity contribution >= 4 is 16.8 Å². The Labute approximate surface area is 60.1 Å². The number of carbonyl (C=O) groups is 1. The molecule has 0 rings (SSSR count). The molecule has 0 aromatic rings. The van der Waals surface area contributed by atoms with Gasteiger partial charge in [0.15, 0.2) is 0 Å². The summed E-state index contributed by atoms with van der Waals surface area (Å²) < 4.78 is 4.87. The third-order valence-corrected chi connectivity index (χ3v) is 1.94. The lowest BCUT2D eigenvalue weighted by Crippen LogP contribution is -2.33. The first-order valence-corrected chi connectivity index (χ1v) is 3.19. The summed E-state index contributed by atoms with van der Waals surface area (Å²) in [5.74, 6) is 0. The molecule has 0 aromatic heterocycles. The fourth-order valence-corrected chi connectivity index (χ4v) is 0.574. The Morgan fingerprint density at radius 3 is 2.22 bits per heavy atom. The van der Waals surface area contributed by atoms with Gasteiger partial charge < -0.3 is 4.74 Å². The summed E-state index contributed by atoms with van der Waals surface area (Å²) in [6.07, 6.45) is 0.603. The fourth-order valence-electron chi connectivity index (χ4n) is 0.364. The molecule has 1 atom stereocenters. The van der Waals surface area contributed by atoms with E-state index >= 15 is 0 Å². The van der Waals surface area contributed by atoms with Gasteiger partial charge in [-0.15, -0.1) is 0 Å². The van der Waals surface area contributed by atoms with Crippen molar-refractivity contribution in [2.45, 2.75) is 25.9 Å². The summed E-state index contributed by atoms with van der Waals surface area (Å²) in [4.78, 5) is 10.6. The monoisotopic (exact) mass is 150 g/mol. The van der Waals surface area contributed by atoms with Crippen molar-refractivity contribution in [2.24, 2.45) is 0 Å². The second-order valence-electron chi connectivity index (χ2n) is 2.06. The minimum atomic E-state index is -0.790. The predicted molar refractivity (Wildman–Crippen MR) is 36.6 cm³/mol. The van der Waals surface area contributed by atoms with Gasteiger partial charge in [-0.25, -0.2) is 0 Å². The van der Waals surface area contributed by atoms with Crippen LogP contribution in [0.25, 0.3) is 0 Å². The highest BCUT2D eigenvalue weighted by molar-refractivity contribution is 6.65. The standard InChI is InChI=1S/C6H11ClO2/c1-4-6(2,9-3)5(7)8/h4H2,1-3H3. The van der Waals surface area contributed by atoms with Gasteiger partial charge >= 0.3 is 0 Å². The molecule has 0 radical (unpaired) electrons. The van der Waals surface area contributed by atoms with E-state index in [0.29, 0.717) is 6.42 Å². The van der Waals surface area contributed by atoms with Crippen LogP contribution in [-0.2, 0) is 9.53 Å². The lowest BCUT2D eigenvalue weighted by Gasteiger charge is -2.20. The van der Waals surface area contributed by atoms with E-state index in [9.17, 15) is 4.79 Å². The zero-order valence-electron chi connectivity index (χ0n) is 5.90. The molecule has 0 aromatic carbocycles. The Kier molecular flexibility index (Phi) is 3.15. The highest BCUT2D eigenvalue weighted by atomic mass is 35.5. The number of halogens is 1. The first-order chi connectivity index (χ1) is 4.06. The molecular formula is C6H11ClO2. The number of methoxy groups -OCH3 is 1. The fraction of sp³-hybridized carbons (Fsp3) is 0.833. The highest BCUT2D eigenvalue weighted by Crippen LogP contribution is 2.16. The molecule has 0 saturated heterocycles. The SMILES string of the molecule is CCC(C)(OC)C(=O)Cl. The van der Waals surface area contributed by atoms with Gasteiger partial charge in [-0.2, -0.15) is 0 Å². The molecule has 0 N–H and O–H groups in total. The van der Waals surface area contributed by atoms with Crippen molar-refractivity contribution in [1.82, 2.24) is 0 Å². The van der Waals surface area contributed by atoms with Crippen molar-refractivity contribution in [2.75, 3.05) is 7.11 Å². The molecule has 0 heterocycles. The second-order valence-corrected chi connectivity index (χ2v) is 2.41. The number of ether oxygens (including phenoxy) is 1. The smallest absolute Gasteiger partial charge is 0.253 e. The average Bonchev–Trinajstić information content (AvgIpc) is 1.86. The normalized spacial score (nSPS) is 16.9. The van der Waals surface area contributed by atoms with Gasteiger partial charge in [-0.05, 0) is 24.9 Å². The van der Waals surface area contributed by atoms with Crippen LogP contribution in [0.1, 0.15) is 20.3 Å². The molecule has 0 saturated carbocycles. The maximum Gasteiger partial charge on any atom is 0.253 e. The molecule has 0 bridgehead atoms. The van der Waals surface area contributed by atoms with Crippen LogP contribution in [0, 0.1) is 0 Å². The molecule has 0 aliphatic carbocycles. The van der Waals surface area contributed by atoms with E-state index in [4.69, 9.17) is 16.3 Å². The first-order valence-electron chi connectivity index (χ1n) is 2.82. The molecule has 0 fully saturated rings. The van der Waals surface area contributed by atoms with Gasteiger partial charge in [0.05, 0.1) is 0 Å². The van der Waals surface area contributed by atoms with Crippen molar-refractivity contribution in [3.8, 4) is 0 Å². The molecule has 0 aliphatic rings. The Bertz CT molecular complexity index is 108. The molecule has 2 nitrogen and oxygen atoms in total. The minimum absolute atomic E-state index is 0.437. The van der Waals surface area contributed by atoms with Gasteiger partial charge in [0.25, 0.3) is 5.24 Å². The summed E-state index contributed by atoms with van der Waals surface area (Å²) in [5, 5.41) is -0.437.